The van der Waals surface area contributed by atoms with Crippen molar-refractivity contribution in [3.8, 4) is 0 Å². The second kappa shape index (κ2) is 5.67. The molecule has 0 spiro atoms. The third kappa shape index (κ3) is 3.32. The Bertz CT molecular complexity index is 499. The summed E-state index contributed by atoms with van der Waals surface area (Å²) in [6.07, 6.45) is 0.805. The van der Waals surface area contributed by atoms with Crippen LogP contribution in [0.5, 0.6) is 0 Å². The summed E-state index contributed by atoms with van der Waals surface area (Å²) in [6.45, 7) is 0. The van der Waals surface area contributed by atoms with Gasteiger partial charge in [0, 0.05) is 15.5 Å². The Balaban J connectivity index is 2.20. The van der Waals surface area contributed by atoms with E-state index in [2.05, 4.69) is 28.1 Å². The minimum Gasteiger partial charge on any atom is -0.324 e. The maximum Gasteiger partial charge on any atom is 0.0410 e. The molecule has 0 amide bonds. The van der Waals surface area contributed by atoms with Crippen molar-refractivity contribution in [3.63, 3.8) is 0 Å². The minimum absolute atomic E-state index is 0.0505. The first-order chi connectivity index (χ1) is 8.16. The largest absolute Gasteiger partial charge is 0.324 e. The zero-order valence-electron chi connectivity index (χ0n) is 9.24. The maximum absolute atomic E-state index is 6.21. The van der Waals surface area contributed by atoms with Crippen molar-refractivity contribution in [1.29, 1.82) is 0 Å². The van der Waals surface area contributed by atoms with Gasteiger partial charge in [0.2, 0.25) is 0 Å². The SMILES string of the molecule is NC(Cc1ccccc1)c1cc(Cl)ccc1Br. The molecule has 0 heterocycles. The standard InChI is InChI=1S/C14H13BrClN/c15-13-7-6-11(16)9-12(13)14(17)8-10-4-2-1-3-5-10/h1-7,9,14H,8,17H2. The molecule has 2 aromatic carbocycles. The molecule has 3 heteroatoms. The molecule has 0 fully saturated rings. The van der Waals surface area contributed by atoms with Crippen molar-refractivity contribution in [2.75, 3.05) is 0 Å². The van der Waals surface area contributed by atoms with Crippen molar-refractivity contribution in [1.82, 2.24) is 0 Å². The van der Waals surface area contributed by atoms with Gasteiger partial charge in [0.25, 0.3) is 0 Å². The molecule has 0 saturated heterocycles. The average Bonchev–Trinajstić information content (AvgIpc) is 2.33. The summed E-state index contributed by atoms with van der Waals surface area (Å²) >= 11 is 9.49. The lowest BCUT2D eigenvalue weighted by Crippen LogP contribution is -2.13. The summed E-state index contributed by atoms with van der Waals surface area (Å²) in [5, 5.41) is 0.715. The van der Waals surface area contributed by atoms with Gasteiger partial charge in [-0.3, -0.25) is 0 Å². The second-order valence-electron chi connectivity index (χ2n) is 3.96. The van der Waals surface area contributed by atoms with Crippen molar-refractivity contribution < 1.29 is 0 Å². The molecule has 2 N–H and O–H groups in total. The topological polar surface area (TPSA) is 26.0 Å². The number of hydrogen-bond donors (Lipinski definition) is 1. The summed E-state index contributed by atoms with van der Waals surface area (Å²) in [7, 11) is 0. The predicted octanol–water partition coefficient (Wildman–Crippen LogP) is 4.35. The van der Waals surface area contributed by atoms with E-state index in [9.17, 15) is 0 Å². The normalized spacial score (nSPS) is 12.4. The lowest BCUT2D eigenvalue weighted by Gasteiger charge is -2.14. The highest BCUT2D eigenvalue weighted by Crippen LogP contribution is 2.27. The predicted molar refractivity (Wildman–Crippen MR) is 76.2 cm³/mol. The molecule has 0 saturated carbocycles. The highest BCUT2D eigenvalue weighted by Gasteiger charge is 2.11. The van der Waals surface area contributed by atoms with Gasteiger partial charge in [-0.1, -0.05) is 57.9 Å². The van der Waals surface area contributed by atoms with Crippen molar-refractivity contribution >= 4 is 27.5 Å². The van der Waals surface area contributed by atoms with E-state index in [0.29, 0.717) is 5.02 Å². The molecule has 0 radical (unpaired) electrons. The maximum atomic E-state index is 6.21. The minimum atomic E-state index is -0.0505. The van der Waals surface area contributed by atoms with Crippen LogP contribution in [0.1, 0.15) is 17.2 Å². The monoisotopic (exact) mass is 309 g/mol. The van der Waals surface area contributed by atoms with Gasteiger partial charge in [0.1, 0.15) is 0 Å². The quantitative estimate of drug-likeness (QED) is 0.896. The van der Waals surface area contributed by atoms with E-state index >= 15 is 0 Å². The van der Waals surface area contributed by atoms with Crippen LogP contribution in [0.3, 0.4) is 0 Å². The Morgan fingerprint density at radius 3 is 2.53 bits per heavy atom. The molecule has 17 heavy (non-hydrogen) atoms. The van der Waals surface area contributed by atoms with Gasteiger partial charge in [-0.15, -0.1) is 0 Å². The van der Waals surface area contributed by atoms with E-state index in [4.69, 9.17) is 17.3 Å². The van der Waals surface area contributed by atoms with Gasteiger partial charge < -0.3 is 5.73 Å². The Morgan fingerprint density at radius 2 is 1.82 bits per heavy atom. The van der Waals surface area contributed by atoms with Crippen LogP contribution in [0.25, 0.3) is 0 Å². The third-order valence-electron chi connectivity index (χ3n) is 2.66. The van der Waals surface area contributed by atoms with E-state index in [-0.39, 0.29) is 6.04 Å². The van der Waals surface area contributed by atoms with Gasteiger partial charge in [-0.05, 0) is 35.7 Å². The van der Waals surface area contributed by atoms with Gasteiger partial charge in [0.15, 0.2) is 0 Å². The van der Waals surface area contributed by atoms with Crippen LogP contribution in [0.15, 0.2) is 53.0 Å². The fourth-order valence-electron chi connectivity index (χ4n) is 1.78. The zero-order chi connectivity index (χ0) is 12.3. The lowest BCUT2D eigenvalue weighted by atomic mass is 10.00. The van der Waals surface area contributed by atoms with Crippen LogP contribution in [-0.2, 0) is 6.42 Å². The molecule has 1 atom stereocenters. The first-order valence-electron chi connectivity index (χ1n) is 5.41. The third-order valence-corrected chi connectivity index (χ3v) is 3.61. The van der Waals surface area contributed by atoms with Crippen molar-refractivity contribution in [2.45, 2.75) is 12.5 Å². The molecule has 0 aliphatic heterocycles. The Hall–Kier alpha value is -0.830. The van der Waals surface area contributed by atoms with Crippen LogP contribution in [0, 0.1) is 0 Å². The van der Waals surface area contributed by atoms with Crippen molar-refractivity contribution in [3.05, 3.63) is 69.2 Å². The van der Waals surface area contributed by atoms with E-state index in [1.807, 2.05) is 36.4 Å². The number of hydrogen-bond acceptors (Lipinski definition) is 1. The Kier molecular flexibility index (Phi) is 4.21. The first-order valence-corrected chi connectivity index (χ1v) is 6.58. The molecular formula is C14H13BrClN. The highest BCUT2D eigenvalue weighted by atomic mass is 79.9. The van der Waals surface area contributed by atoms with E-state index in [1.54, 1.807) is 0 Å². The van der Waals surface area contributed by atoms with Gasteiger partial charge in [0.05, 0.1) is 0 Å². The molecule has 1 nitrogen and oxygen atoms in total. The van der Waals surface area contributed by atoms with Crippen LogP contribution in [-0.4, -0.2) is 0 Å². The molecule has 2 rings (SSSR count). The molecule has 2 aromatic rings. The zero-order valence-corrected chi connectivity index (χ0v) is 11.6. The number of nitrogens with two attached hydrogens (primary N) is 1. The highest BCUT2D eigenvalue weighted by molar-refractivity contribution is 9.10. The fourth-order valence-corrected chi connectivity index (χ4v) is 2.50. The Labute approximate surface area is 115 Å². The average molecular weight is 311 g/mol. The summed E-state index contributed by atoms with van der Waals surface area (Å²) in [4.78, 5) is 0. The molecule has 0 bridgehead atoms. The van der Waals surface area contributed by atoms with Gasteiger partial charge in [-0.2, -0.15) is 0 Å². The summed E-state index contributed by atoms with van der Waals surface area (Å²) in [6, 6.07) is 15.9. The van der Waals surface area contributed by atoms with Crippen LogP contribution in [0.2, 0.25) is 5.02 Å². The molecule has 88 valence electrons. The Morgan fingerprint density at radius 1 is 1.12 bits per heavy atom. The number of benzene rings is 2. The van der Waals surface area contributed by atoms with E-state index in [1.165, 1.54) is 5.56 Å². The van der Waals surface area contributed by atoms with Crippen LogP contribution >= 0.6 is 27.5 Å². The molecule has 1 unspecified atom stereocenters. The van der Waals surface area contributed by atoms with Crippen LogP contribution in [0.4, 0.5) is 0 Å². The summed E-state index contributed by atoms with van der Waals surface area (Å²) < 4.78 is 1.00. The molecular weight excluding hydrogens is 298 g/mol. The lowest BCUT2D eigenvalue weighted by molar-refractivity contribution is 0.718. The van der Waals surface area contributed by atoms with Crippen molar-refractivity contribution in [2.24, 2.45) is 5.73 Å². The molecule has 0 aromatic heterocycles. The van der Waals surface area contributed by atoms with Gasteiger partial charge in [-0.25, -0.2) is 0 Å². The summed E-state index contributed by atoms with van der Waals surface area (Å²) in [5.41, 5.74) is 8.48. The molecule has 0 aliphatic carbocycles. The smallest absolute Gasteiger partial charge is 0.0410 e. The van der Waals surface area contributed by atoms with E-state index < -0.39 is 0 Å². The first kappa shape index (κ1) is 12.6. The molecule has 0 aliphatic rings. The second-order valence-corrected chi connectivity index (χ2v) is 5.25. The van der Waals surface area contributed by atoms with Crippen LogP contribution < -0.4 is 5.73 Å². The fraction of sp³-hybridized carbons (Fsp3) is 0.143. The van der Waals surface area contributed by atoms with E-state index in [0.717, 1.165) is 16.5 Å². The number of halogens is 2. The number of rotatable bonds is 3. The van der Waals surface area contributed by atoms with Gasteiger partial charge >= 0.3 is 0 Å². The summed E-state index contributed by atoms with van der Waals surface area (Å²) in [5.74, 6) is 0.